The van der Waals surface area contributed by atoms with E-state index in [0.717, 1.165) is 23.6 Å². The van der Waals surface area contributed by atoms with Crippen molar-refractivity contribution in [3.63, 3.8) is 0 Å². The molecular weight excluding hydrogens is 392 g/mol. The van der Waals surface area contributed by atoms with Crippen LogP contribution in [-0.4, -0.2) is 54.6 Å². The molecule has 31 heavy (non-hydrogen) atoms. The highest BCUT2D eigenvalue weighted by Gasteiger charge is 2.47. The fraction of sp³-hybridized carbons (Fsp3) is 0.333. The van der Waals surface area contributed by atoms with Gasteiger partial charge in [0.2, 0.25) is 5.95 Å². The largest absolute Gasteiger partial charge is 0.496 e. The van der Waals surface area contributed by atoms with E-state index in [0.29, 0.717) is 19.2 Å². The number of hydrogen-bond acceptors (Lipinski definition) is 7. The maximum absolute atomic E-state index is 6.09. The lowest BCUT2D eigenvalue weighted by Crippen LogP contribution is -2.41. The third-order valence-corrected chi connectivity index (χ3v) is 5.82. The molecule has 3 heterocycles. The highest BCUT2D eigenvalue weighted by Crippen LogP contribution is 2.31. The van der Waals surface area contributed by atoms with Crippen LogP contribution >= 0.6 is 0 Å². The van der Waals surface area contributed by atoms with Gasteiger partial charge in [-0.05, 0) is 23.8 Å². The molecule has 2 N–H and O–H groups in total. The van der Waals surface area contributed by atoms with E-state index in [4.69, 9.17) is 19.2 Å². The first-order valence-corrected chi connectivity index (χ1v) is 10.6. The van der Waals surface area contributed by atoms with E-state index in [9.17, 15) is 0 Å². The van der Waals surface area contributed by atoms with Gasteiger partial charge >= 0.3 is 0 Å². The summed E-state index contributed by atoms with van der Waals surface area (Å²) >= 11 is 0. The van der Waals surface area contributed by atoms with Gasteiger partial charge in [0.1, 0.15) is 18.0 Å². The molecule has 2 aliphatic heterocycles. The van der Waals surface area contributed by atoms with Crippen molar-refractivity contribution in [1.82, 2.24) is 15.3 Å². The van der Waals surface area contributed by atoms with E-state index in [1.54, 1.807) is 13.3 Å². The van der Waals surface area contributed by atoms with Gasteiger partial charge in [0.15, 0.2) is 0 Å². The van der Waals surface area contributed by atoms with Crippen LogP contribution in [0.4, 0.5) is 5.95 Å². The molecule has 0 bridgehead atoms. The van der Waals surface area contributed by atoms with Crippen molar-refractivity contribution in [2.45, 2.75) is 30.8 Å². The molecule has 5 rings (SSSR count). The predicted octanol–water partition coefficient (Wildman–Crippen LogP) is 2.89. The number of nitrogens with one attached hydrogen (secondary N) is 2. The molecular formula is C24H26N4O3. The van der Waals surface area contributed by atoms with Gasteiger partial charge in [-0.2, -0.15) is 0 Å². The van der Waals surface area contributed by atoms with Gasteiger partial charge in [-0.1, -0.05) is 42.5 Å². The first-order valence-electron chi connectivity index (χ1n) is 10.6. The molecule has 7 heteroatoms. The van der Waals surface area contributed by atoms with Crippen LogP contribution in [-0.2, 0) is 16.0 Å². The summed E-state index contributed by atoms with van der Waals surface area (Å²) in [7, 11) is 1.66. The van der Waals surface area contributed by atoms with Gasteiger partial charge in [0, 0.05) is 18.3 Å². The van der Waals surface area contributed by atoms with Crippen molar-refractivity contribution < 1.29 is 14.2 Å². The van der Waals surface area contributed by atoms with E-state index < -0.39 is 0 Å². The van der Waals surface area contributed by atoms with Crippen molar-refractivity contribution in [1.29, 1.82) is 0 Å². The third kappa shape index (κ3) is 4.25. The lowest BCUT2D eigenvalue weighted by atomic mass is 10.1. The minimum absolute atomic E-state index is 0.00134. The Hall–Kier alpha value is -3.00. The Morgan fingerprint density at radius 3 is 2.52 bits per heavy atom. The van der Waals surface area contributed by atoms with Gasteiger partial charge in [-0.15, -0.1) is 0 Å². The predicted molar refractivity (Wildman–Crippen MR) is 118 cm³/mol. The van der Waals surface area contributed by atoms with Gasteiger partial charge in [-0.3, -0.25) is 0 Å². The Balaban J connectivity index is 1.24. The molecule has 0 spiro atoms. The lowest BCUT2D eigenvalue weighted by Gasteiger charge is -2.18. The SMILES string of the molecule is COc1ccccc1-c1ccnc(NC2COC3C(NCc4ccccc4)COC23)n1. The van der Waals surface area contributed by atoms with Crippen LogP contribution in [0, 0.1) is 0 Å². The van der Waals surface area contributed by atoms with Crippen LogP contribution in [0.2, 0.25) is 0 Å². The number of para-hydroxylation sites is 1. The molecule has 2 aromatic carbocycles. The molecule has 0 aliphatic carbocycles. The molecule has 160 valence electrons. The van der Waals surface area contributed by atoms with E-state index in [2.05, 4.69) is 39.9 Å². The van der Waals surface area contributed by atoms with E-state index in [1.807, 2.05) is 36.4 Å². The second-order valence-electron chi connectivity index (χ2n) is 7.79. The Morgan fingerprint density at radius 1 is 0.935 bits per heavy atom. The zero-order valence-electron chi connectivity index (χ0n) is 17.4. The van der Waals surface area contributed by atoms with Crippen LogP contribution in [0.25, 0.3) is 11.3 Å². The minimum Gasteiger partial charge on any atom is -0.496 e. The van der Waals surface area contributed by atoms with Crippen molar-refractivity contribution in [3.05, 3.63) is 72.4 Å². The highest BCUT2D eigenvalue weighted by molar-refractivity contribution is 5.67. The second kappa shape index (κ2) is 9.01. The van der Waals surface area contributed by atoms with Crippen LogP contribution in [0.5, 0.6) is 5.75 Å². The summed E-state index contributed by atoms with van der Waals surface area (Å²) in [5.74, 6) is 1.34. The molecule has 0 amide bonds. The first-order chi connectivity index (χ1) is 15.3. The van der Waals surface area contributed by atoms with E-state index in [-0.39, 0.29) is 24.3 Å². The first kappa shape index (κ1) is 19.9. The Morgan fingerprint density at radius 2 is 1.68 bits per heavy atom. The number of ether oxygens (including phenoxy) is 3. The number of rotatable bonds is 7. The summed E-state index contributed by atoms with van der Waals surface area (Å²) in [6, 6.07) is 20.2. The number of fused-ring (bicyclic) bond motifs is 1. The Labute approximate surface area is 181 Å². The number of nitrogens with zero attached hydrogens (tertiary/aromatic N) is 2. The minimum atomic E-state index is -0.0354. The van der Waals surface area contributed by atoms with Crippen LogP contribution < -0.4 is 15.4 Å². The molecule has 7 nitrogen and oxygen atoms in total. The maximum atomic E-state index is 6.09. The van der Waals surface area contributed by atoms with Gasteiger partial charge in [-0.25, -0.2) is 9.97 Å². The molecule has 0 saturated carbocycles. The van der Waals surface area contributed by atoms with E-state index in [1.165, 1.54) is 5.56 Å². The fourth-order valence-corrected chi connectivity index (χ4v) is 4.24. The smallest absolute Gasteiger partial charge is 0.223 e. The summed E-state index contributed by atoms with van der Waals surface area (Å²) in [6.07, 6.45) is 1.73. The second-order valence-corrected chi connectivity index (χ2v) is 7.79. The summed E-state index contributed by atoms with van der Waals surface area (Å²) in [5.41, 5.74) is 2.98. The number of hydrogen-bond donors (Lipinski definition) is 2. The number of anilines is 1. The standard InChI is InChI=1S/C24H26N4O3/c1-29-21-10-6-5-9-17(21)18-11-12-25-24(27-18)28-20-15-31-22-19(14-30-23(20)22)26-13-16-7-3-2-4-8-16/h2-12,19-20,22-23,26H,13-15H2,1H3,(H,25,27,28). The molecule has 4 atom stereocenters. The maximum Gasteiger partial charge on any atom is 0.223 e. The topological polar surface area (TPSA) is 77.5 Å². The number of aromatic nitrogens is 2. The van der Waals surface area contributed by atoms with E-state index >= 15 is 0 Å². The summed E-state index contributed by atoms with van der Waals surface area (Å²) in [6.45, 7) is 1.98. The van der Waals surface area contributed by atoms with Crippen molar-refractivity contribution in [2.24, 2.45) is 0 Å². The molecule has 4 unspecified atom stereocenters. The van der Waals surface area contributed by atoms with Crippen molar-refractivity contribution in [3.8, 4) is 17.0 Å². The third-order valence-electron chi connectivity index (χ3n) is 5.82. The molecule has 2 saturated heterocycles. The van der Waals surface area contributed by atoms with Gasteiger partial charge < -0.3 is 24.8 Å². The molecule has 0 radical (unpaired) electrons. The van der Waals surface area contributed by atoms with Crippen LogP contribution in [0.15, 0.2) is 66.9 Å². The van der Waals surface area contributed by atoms with Crippen LogP contribution in [0.3, 0.4) is 0 Å². The monoisotopic (exact) mass is 418 g/mol. The normalized spacial score (nSPS) is 24.7. The van der Waals surface area contributed by atoms with Gasteiger partial charge in [0.25, 0.3) is 0 Å². The zero-order chi connectivity index (χ0) is 21.0. The number of methoxy groups -OCH3 is 1. The molecule has 3 aromatic rings. The van der Waals surface area contributed by atoms with Crippen molar-refractivity contribution in [2.75, 3.05) is 25.6 Å². The number of benzene rings is 2. The average Bonchev–Trinajstić information content (AvgIpc) is 3.41. The molecule has 2 fully saturated rings. The lowest BCUT2D eigenvalue weighted by molar-refractivity contribution is 0.0675. The summed E-state index contributed by atoms with van der Waals surface area (Å²) in [4.78, 5) is 9.10. The Kier molecular flexibility index (Phi) is 5.80. The average molecular weight is 418 g/mol. The Bertz CT molecular complexity index is 1020. The quantitative estimate of drug-likeness (QED) is 0.611. The summed E-state index contributed by atoms with van der Waals surface area (Å²) in [5, 5.41) is 6.99. The highest BCUT2D eigenvalue weighted by atomic mass is 16.6. The summed E-state index contributed by atoms with van der Waals surface area (Å²) < 4.78 is 17.6. The van der Waals surface area contributed by atoms with Crippen molar-refractivity contribution >= 4 is 5.95 Å². The molecule has 1 aromatic heterocycles. The molecule has 2 aliphatic rings. The van der Waals surface area contributed by atoms with Gasteiger partial charge in [0.05, 0.1) is 38.1 Å². The fourth-order valence-electron chi connectivity index (χ4n) is 4.24. The zero-order valence-corrected chi connectivity index (χ0v) is 17.4. The van der Waals surface area contributed by atoms with Crippen LogP contribution in [0.1, 0.15) is 5.56 Å².